The van der Waals surface area contributed by atoms with Crippen LogP contribution in [0.15, 0.2) is 23.1 Å². The van der Waals surface area contributed by atoms with Gasteiger partial charge in [0.25, 0.3) is 0 Å². The maximum absolute atomic E-state index is 13.2. The van der Waals surface area contributed by atoms with E-state index in [1.54, 1.807) is 27.4 Å². The van der Waals surface area contributed by atoms with Gasteiger partial charge >= 0.3 is 0 Å². The van der Waals surface area contributed by atoms with Gasteiger partial charge in [-0.3, -0.25) is 4.79 Å². The average molecular weight is 366 g/mol. The Balaban J connectivity index is 2.04. The van der Waals surface area contributed by atoms with Crippen LogP contribution in [0.3, 0.4) is 0 Å². The van der Waals surface area contributed by atoms with Crippen LogP contribution in [-0.4, -0.2) is 43.4 Å². The van der Waals surface area contributed by atoms with E-state index in [2.05, 4.69) is 0 Å². The lowest BCUT2D eigenvalue weighted by Crippen LogP contribution is -2.47. The number of anilines is 1. The molecule has 1 aromatic rings. The SMILES string of the molecule is CC(=O)N1CC(C)Oc2ccc(S(=O)(=O)N3C(C)CCCC3C)cc21. The number of hydrogen-bond acceptors (Lipinski definition) is 4. The molecule has 3 rings (SSSR count). The molecule has 0 bridgehead atoms. The van der Waals surface area contributed by atoms with Crippen molar-refractivity contribution in [3.05, 3.63) is 18.2 Å². The van der Waals surface area contributed by atoms with E-state index in [1.807, 2.05) is 20.8 Å². The predicted octanol–water partition coefficient (Wildman–Crippen LogP) is 2.77. The number of nitrogens with zero attached hydrogens (tertiary/aromatic N) is 2. The molecule has 2 heterocycles. The molecule has 6 nitrogen and oxygen atoms in total. The van der Waals surface area contributed by atoms with Gasteiger partial charge in [0.2, 0.25) is 15.9 Å². The van der Waals surface area contributed by atoms with Gasteiger partial charge in [-0.15, -0.1) is 0 Å². The van der Waals surface area contributed by atoms with E-state index in [9.17, 15) is 13.2 Å². The number of carbonyl (C=O) groups excluding carboxylic acids is 1. The van der Waals surface area contributed by atoms with Crippen LogP contribution in [0.1, 0.15) is 47.0 Å². The van der Waals surface area contributed by atoms with E-state index in [0.717, 1.165) is 19.3 Å². The number of benzene rings is 1. The van der Waals surface area contributed by atoms with Crippen LogP contribution in [0.4, 0.5) is 5.69 Å². The van der Waals surface area contributed by atoms with E-state index >= 15 is 0 Å². The van der Waals surface area contributed by atoms with Crippen LogP contribution < -0.4 is 9.64 Å². The molecule has 2 aliphatic rings. The van der Waals surface area contributed by atoms with Crippen LogP contribution in [0.2, 0.25) is 0 Å². The van der Waals surface area contributed by atoms with Gasteiger partial charge in [0.15, 0.2) is 0 Å². The van der Waals surface area contributed by atoms with Crippen molar-refractivity contribution in [2.75, 3.05) is 11.4 Å². The molecule has 0 spiro atoms. The van der Waals surface area contributed by atoms with Crippen LogP contribution in [0.5, 0.6) is 5.75 Å². The van der Waals surface area contributed by atoms with Crippen molar-refractivity contribution in [1.29, 1.82) is 0 Å². The van der Waals surface area contributed by atoms with Crippen molar-refractivity contribution in [1.82, 2.24) is 4.31 Å². The largest absolute Gasteiger partial charge is 0.487 e. The number of sulfonamides is 1. The highest BCUT2D eigenvalue weighted by molar-refractivity contribution is 7.89. The van der Waals surface area contributed by atoms with Crippen LogP contribution in [0.25, 0.3) is 0 Å². The van der Waals surface area contributed by atoms with Crippen molar-refractivity contribution < 1.29 is 17.9 Å². The Hall–Kier alpha value is -1.60. The third kappa shape index (κ3) is 3.27. The summed E-state index contributed by atoms with van der Waals surface area (Å²) in [6.07, 6.45) is 2.66. The molecule has 7 heteroatoms. The second-order valence-corrected chi connectivity index (χ2v) is 8.99. The topological polar surface area (TPSA) is 66.9 Å². The molecule has 0 N–H and O–H groups in total. The molecule has 25 heavy (non-hydrogen) atoms. The molecule has 1 amide bonds. The van der Waals surface area contributed by atoms with Gasteiger partial charge in [-0.25, -0.2) is 8.42 Å². The highest BCUT2D eigenvalue weighted by Crippen LogP contribution is 2.37. The minimum absolute atomic E-state index is 0.0232. The third-order valence-corrected chi connectivity index (χ3v) is 7.18. The van der Waals surface area contributed by atoms with Crippen LogP contribution in [-0.2, 0) is 14.8 Å². The number of carbonyl (C=O) groups is 1. The number of ether oxygens (including phenoxy) is 1. The summed E-state index contributed by atoms with van der Waals surface area (Å²) in [4.78, 5) is 13.8. The molecule has 1 aromatic carbocycles. The minimum Gasteiger partial charge on any atom is -0.487 e. The Labute approximate surface area is 149 Å². The zero-order chi connectivity index (χ0) is 18.4. The predicted molar refractivity (Wildman–Crippen MR) is 96.4 cm³/mol. The normalized spacial score (nSPS) is 27.5. The summed E-state index contributed by atoms with van der Waals surface area (Å²) in [7, 11) is -3.62. The van der Waals surface area contributed by atoms with Gasteiger partial charge in [0.05, 0.1) is 17.1 Å². The lowest BCUT2D eigenvalue weighted by Gasteiger charge is -2.38. The lowest BCUT2D eigenvalue weighted by molar-refractivity contribution is -0.117. The minimum atomic E-state index is -3.62. The molecular formula is C18H26N2O4S. The summed E-state index contributed by atoms with van der Waals surface area (Å²) >= 11 is 0. The highest BCUT2D eigenvalue weighted by Gasteiger charge is 2.37. The van der Waals surface area contributed by atoms with Gasteiger partial charge in [0, 0.05) is 19.0 Å². The molecule has 0 saturated carbocycles. The summed E-state index contributed by atoms with van der Waals surface area (Å²) in [6, 6.07) is 4.77. The first-order valence-corrected chi connectivity index (χ1v) is 10.3. The smallest absolute Gasteiger partial charge is 0.243 e. The number of piperidine rings is 1. The first-order chi connectivity index (χ1) is 11.7. The Morgan fingerprint density at radius 2 is 1.80 bits per heavy atom. The highest BCUT2D eigenvalue weighted by atomic mass is 32.2. The fraction of sp³-hybridized carbons (Fsp3) is 0.611. The van der Waals surface area contributed by atoms with Gasteiger partial charge in [-0.1, -0.05) is 6.42 Å². The fourth-order valence-electron chi connectivity index (χ4n) is 3.87. The van der Waals surface area contributed by atoms with E-state index in [1.165, 1.54) is 6.92 Å². The molecule has 0 radical (unpaired) electrons. The lowest BCUT2D eigenvalue weighted by atomic mass is 10.0. The van der Waals surface area contributed by atoms with Crippen molar-refractivity contribution in [2.24, 2.45) is 0 Å². The van der Waals surface area contributed by atoms with Crippen molar-refractivity contribution in [3.63, 3.8) is 0 Å². The molecule has 2 aliphatic heterocycles. The zero-order valence-corrected chi connectivity index (χ0v) is 16.0. The van der Waals surface area contributed by atoms with Gasteiger partial charge in [0.1, 0.15) is 11.9 Å². The quantitative estimate of drug-likeness (QED) is 0.807. The first kappa shape index (κ1) is 18.2. The molecule has 3 unspecified atom stereocenters. The summed E-state index contributed by atoms with van der Waals surface area (Å²) < 4.78 is 33.8. The van der Waals surface area contributed by atoms with Crippen LogP contribution in [0, 0.1) is 0 Å². The third-order valence-electron chi connectivity index (χ3n) is 5.06. The summed E-state index contributed by atoms with van der Waals surface area (Å²) in [5.41, 5.74) is 0.531. The summed E-state index contributed by atoms with van der Waals surface area (Å²) in [5.74, 6) is 0.429. The van der Waals surface area contributed by atoms with Gasteiger partial charge in [-0.05, 0) is 51.8 Å². The fourth-order valence-corrected chi connectivity index (χ4v) is 5.77. The summed E-state index contributed by atoms with van der Waals surface area (Å²) in [5, 5.41) is 0. The molecule has 1 saturated heterocycles. The standard InChI is InChI=1S/C18H26N2O4S/c1-12-6-5-7-13(2)20(12)25(22,23)16-8-9-18-17(10-16)19(15(4)21)11-14(3)24-18/h8-10,12-14H,5-7,11H2,1-4H3. The van der Waals surface area contributed by atoms with Gasteiger partial charge < -0.3 is 9.64 Å². The first-order valence-electron chi connectivity index (χ1n) is 8.84. The molecule has 0 aromatic heterocycles. The van der Waals surface area contributed by atoms with E-state index in [0.29, 0.717) is 18.0 Å². The zero-order valence-electron chi connectivity index (χ0n) is 15.2. The molecule has 3 atom stereocenters. The number of hydrogen-bond donors (Lipinski definition) is 0. The van der Waals surface area contributed by atoms with E-state index in [4.69, 9.17) is 4.74 Å². The van der Waals surface area contributed by atoms with Crippen LogP contribution >= 0.6 is 0 Å². The summed E-state index contributed by atoms with van der Waals surface area (Å²) in [6.45, 7) is 7.71. The Bertz CT molecular complexity index is 767. The molecule has 1 fully saturated rings. The number of amides is 1. The average Bonchev–Trinajstić information content (AvgIpc) is 2.53. The monoisotopic (exact) mass is 366 g/mol. The Morgan fingerprint density at radius 1 is 1.16 bits per heavy atom. The Morgan fingerprint density at radius 3 is 2.40 bits per heavy atom. The van der Waals surface area contributed by atoms with Crippen molar-refractivity contribution in [2.45, 2.75) is 70.0 Å². The number of fused-ring (bicyclic) bond motifs is 1. The second-order valence-electron chi connectivity index (χ2n) is 7.15. The number of rotatable bonds is 2. The molecular weight excluding hydrogens is 340 g/mol. The van der Waals surface area contributed by atoms with Crippen molar-refractivity contribution in [3.8, 4) is 5.75 Å². The Kier molecular flexibility index (Phi) is 4.81. The van der Waals surface area contributed by atoms with E-state index < -0.39 is 10.0 Å². The maximum Gasteiger partial charge on any atom is 0.243 e. The maximum atomic E-state index is 13.2. The molecule has 0 aliphatic carbocycles. The second kappa shape index (κ2) is 6.61. The van der Waals surface area contributed by atoms with E-state index in [-0.39, 0.29) is 29.0 Å². The molecule has 138 valence electrons. The van der Waals surface area contributed by atoms with Gasteiger partial charge in [-0.2, -0.15) is 4.31 Å². The van der Waals surface area contributed by atoms with Crippen molar-refractivity contribution >= 4 is 21.6 Å².